The number of benzene rings is 1. The Balaban J connectivity index is 1.80. The summed E-state index contributed by atoms with van der Waals surface area (Å²) in [4.78, 5) is 11.9. The van der Waals surface area contributed by atoms with Gasteiger partial charge in [0, 0.05) is 6.54 Å². The van der Waals surface area contributed by atoms with E-state index in [-0.39, 0.29) is 5.91 Å². The fourth-order valence-electron chi connectivity index (χ4n) is 2.09. The molecule has 21 heavy (non-hydrogen) atoms. The molecular formula is C16H22N4O. The first-order chi connectivity index (χ1) is 10.3. The van der Waals surface area contributed by atoms with Gasteiger partial charge in [0.25, 0.3) is 5.91 Å². The standard InChI is InChI=1S/C16H22N4O/c1-2-3-4-8-11-17-16(21)15-13-20(19-18-15)12-14-9-6-5-7-10-14/h5-7,9-10,13H,2-4,8,11-12H2,1H3,(H,17,21). The number of nitrogens with zero attached hydrogens (tertiary/aromatic N) is 3. The number of unbranched alkanes of at least 4 members (excludes halogenated alkanes) is 3. The average Bonchev–Trinajstić information content (AvgIpc) is 2.96. The van der Waals surface area contributed by atoms with E-state index in [0.29, 0.717) is 18.8 Å². The molecular weight excluding hydrogens is 264 g/mol. The number of carbonyl (C=O) groups is 1. The molecule has 2 aromatic rings. The summed E-state index contributed by atoms with van der Waals surface area (Å²) in [6.07, 6.45) is 6.26. The molecule has 1 aromatic heterocycles. The third kappa shape index (κ3) is 5.02. The molecule has 1 amide bonds. The average molecular weight is 286 g/mol. The molecule has 0 bridgehead atoms. The van der Waals surface area contributed by atoms with Crippen molar-refractivity contribution >= 4 is 5.91 Å². The molecule has 5 heteroatoms. The molecule has 5 nitrogen and oxygen atoms in total. The summed E-state index contributed by atoms with van der Waals surface area (Å²) < 4.78 is 1.68. The van der Waals surface area contributed by atoms with Crippen LogP contribution in [0.25, 0.3) is 0 Å². The van der Waals surface area contributed by atoms with E-state index in [1.165, 1.54) is 12.8 Å². The second kappa shape index (κ2) is 8.19. The van der Waals surface area contributed by atoms with E-state index in [1.807, 2.05) is 30.3 Å². The van der Waals surface area contributed by atoms with Crippen molar-refractivity contribution in [3.8, 4) is 0 Å². The van der Waals surface area contributed by atoms with Crippen LogP contribution in [0.1, 0.15) is 48.7 Å². The zero-order valence-electron chi connectivity index (χ0n) is 12.5. The lowest BCUT2D eigenvalue weighted by atomic mass is 10.2. The Bertz CT molecular complexity index is 550. The first-order valence-corrected chi connectivity index (χ1v) is 7.52. The van der Waals surface area contributed by atoms with Crippen LogP contribution >= 0.6 is 0 Å². The fourth-order valence-corrected chi connectivity index (χ4v) is 2.09. The molecule has 0 unspecified atom stereocenters. The first-order valence-electron chi connectivity index (χ1n) is 7.52. The van der Waals surface area contributed by atoms with E-state index in [9.17, 15) is 4.79 Å². The van der Waals surface area contributed by atoms with E-state index in [0.717, 1.165) is 18.4 Å². The van der Waals surface area contributed by atoms with Crippen molar-refractivity contribution in [3.05, 3.63) is 47.8 Å². The molecule has 0 fully saturated rings. The largest absolute Gasteiger partial charge is 0.351 e. The lowest BCUT2D eigenvalue weighted by Crippen LogP contribution is -2.24. The van der Waals surface area contributed by atoms with E-state index >= 15 is 0 Å². The maximum Gasteiger partial charge on any atom is 0.273 e. The van der Waals surface area contributed by atoms with Crippen molar-refractivity contribution in [1.29, 1.82) is 0 Å². The highest BCUT2D eigenvalue weighted by molar-refractivity contribution is 5.91. The van der Waals surface area contributed by atoms with Gasteiger partial charge in [0.2, 0.25) is 0 Å². The van der Waals surface area contributed by atoms with Crippen LogP contribution in [0.15, 0.2) is 36.5 Å². The van der Waals surface area contributed by atoms with Crippen molar-refractivity contribution in [2.75, 3.05) is 6.54 Å². The smallest absolute Gasteiger partial charge is 0.273 e. The molecule has 0 radical (unpaired) electrons. The maximum atomic E-state index is 11.9. The molecule has 112 valence electrons. The fraction of sp³-hybridized carbons (Fsp3) is 0.438. The lowest BCUT2D eigenvalue weighted by Gasteiger charge is -2.02. The zero-order valence-corrected chi connectivity index (χ0v) is 12.5. The number of hydrogen-bond acceptors (Lipinski definition) is 3. The molecule has 0 saturated carbocycles. The van der Waals surface area contributed by atoms with Gasteiger partial charge in [-0.15, -0.1) is 5.10 Å². The van der Waals surface area contributed by atoms with Crippen molar-refractivity contribution in [1.82, 2.24) is 20.3 Å². The van der Waals surface area contributed by atoms with E-state index in [2.05, 4.69) is 22.6 Å². The predicted molar refractivity (Wildman–Crippen MR) is 82.0 cm³/mol. The van der Waals surface area contributed by atoms with Crippen molar-refractivity contribution in [2.24, 2.45) is 0 Å². The Morgan fingerprint density at radius 2 is 2.00 bits per heavy atom. The summed E-state index contributed by atoms with van der Waals surface area (Å²) in [5.74, 6) is -0.147. The lowest BCUT2D eigenvalue weighted by molar-refractivity contribution is 0.0948. The van der Waals surface area contributed by atoms with Crippen LogP contribution in [-0.2, 0) is 6.54 Å². The molecule has 1 aromatic carbocycles. The highest BCUT2D eigenvalue weighted by atomic mass is 16.2. The topological polar surface area (TPSA) is 59.8 Å². The summed E-state index contributed by atoms with van der Waals surface area (Å²) in [7, 11) is 0. The summed E-state index contributed by atoms with van der Waals surface area (Å²) in [5, 5.41) is 10.8. The van der Waals surface area contributed by atoms with Crippen molar-refractivity contribution in [3.63, 3.8) is 0 Å². The van der Waals surface area contributed by atoms with Crippen LogP contribution in [-0.4, -0.2) is 27.4 Å². The second-order valence-electron chi connectivity index (χ2n) is 5.10. The minimum atomic E-state index is -0.147. The first kappa shape index (κ1) is 15.2. The summed E-state index contributed by atoms with van der Waals surface area (Å²) in [6, 6.07) is 9.99. The third-order valence-corrected chi connectivity index (χ3v) is 3.27. The van der Waals surface area contributed by atoms with Crippen LogP contribution in [0.5, 0.6) is 0 Å². The van der Waals surface area contributed by atoms with Crippen molar-refractivity contribution in [2.45, 2.75) is 39.2 Å². The highest BCUT2D eigenvalue weighted by Crippen LogP contribution is 2.02. The van der Waals surface area contributed by atoms with Crippen LogP contribution < -0.4 is 5.32 Å². The minimum absolute atomic E-state index is 0.147. The Kier molecular flexibility index (Phi) is 5.94. The van der Waals surface area contributed by atoms with E-state index in [4.69, 9.17) is 0 Å². The van der Waals surface area contributed by atoms with Crippen LogP contribution in [0.2, 0.25) is 0 Å². The number of amides is 1. The summed E-state index contributed by atoms with van der Waals surface area (Å²) >= 11 is 0. The monoisotopic (exact) mass is 286 g/mol. The highest BCUT2D eigenvalue weighted by Gasteiger charge is 2.10. The number of nitrogens with one attached hydrogen (secondary N) is 1. The Hall–Kier alpha value is -2.17. The SMILES string of the molecule is CCCCCCNC(=O)c1cn(Cc2ccccc2)nn1. The van der Waals surface area contributed by atoms with Gasteiger partial charge >= 0.3 is 0 Å². The zero-order chi connectivity index (χ0) is 14.9. The number of aromatic nitrogens is 3. The van der Waals surface area contributed by atoms with Gasteiger partial charge in [0.1, 0.15) is 0 Å². The Morgan fingerprint density at radius 3 is 2.76 bits per heavy atom. The number of rotatable bonds is 8. The van der Waals surface area contributed by atoms with Gasteiger partial charge in [-0.25, -0.2) is 4.68 Å². The van der Waals surface area contributed by atoms with Gasteiger partial charge in [0.15, 0.2) is 5.69 Å². The van der Waals surface area contributed by atoms with Crippen LogP contribution in [0.3, 0.4) is 0 Å². The predicted octanol–water partition coefficient (Wildman–Crippen LogP) is 2.64. The minimum Gasteiger partial charge on any atom is -0.351 e. The molecule has 1 heterocycles. The number of carbonyl (C=O) groups excluding carboxylic acids is 1. The van der Waals surface area contributed by atoms with Crippen LogP contribution in [0, 0.1) is 0 Å². The summed E-state index contributed by atoms with van der Waals surface area (Å²) in [5.41, 5.74) is 1.51. The second-order valence-corrected chi connectivity index (χ2v) is 5.10. The van der Waals surface area contributed by atoms with Gasteiger partial charge in [-0.05, 0) is 12.0 Å². The van der Waals surface area contributed by atoms with Gasteiger partial charge in [-0.3, -0.25) is 4.79 Å². The molecule has 0 spiro atoms. The van der Waals surface area contributed by atoms with E-state index in [1.54, 1.807) is 10.9 Å². The third-order valence-electron chi connectivity index (χ3n) is 3.27. The van der Waals surface area contributed by atoms with Crippen LogP contribution in [0.4, 0.5) is 0 Å². The van der Waals surface area contributed by atoms with Gasteiger partial charge in [-0.1, -0.05) is 61.7 Å². The maximum absolute atomic E-state index is 11.9. The summed E-state index contributed by atoms with van der Waals surface area (Å²) in [6.45, 7) is 3.49. The molecule has 2 rings (SSSR count). The normalized spacial score (nSPS) is 10.5. The molecule has 0 aliphatic heterocycles. The van der Waals surface area contributed by atoms with Gasteiger partial charge in [-0.2, -0.15) is 0 Å². The van der Waals surface area contributed by atoms with Gasteiger partial charge < -0.3 is 5.32 Å². The molecule has 0 aliphatic carbocycles. The quantitative estimate of drug-likeness (QED) is 0.759. The molecule has 1 N–H and O–H groups in total. The molecule has 0 saturated heterocycles. The molecule has 0 aliphatic rings. The Morgan fingerprint density at radius 1 is 1.19 bits per heavy atom. The number of hydrogen-bond donors (Lipinski definition) is 1. The van der Waals surface area contributed by atoms with Crippen molar-refractivity contribution < 1.29 is 4.79 Å². The van der Waals surface area contributed by atoms with E-state index < -0.39 is 0 Å². The molecule has 0 atom stereocenters. The van der Waals surface area contributed by atoms with Gasteiger partial charge in [0.05, 0.1) is 12.7 Å². The Labute approximate surface area is 125 Å².